The molecule has 0 bridgehead atoms. The number of pyridine rings is 1. The zero-order valence-electron chi connectivity index (χ0n) is 11.4. The fraction of sp³-hybridized carbons (Fsp3) is 0.643. The van der Waals surface area contributed by atoms with E-state index in [9.17, 15) is 0 Å². The molecule has 4 heteroatoms. The number of ether oxygens (including phenoxy) is 1. The Morgan fingerprint density at radius 1 is 1.28 bits per heavy atom. The molecule has 0 radical (unpaired) electrons. The van der Waals surface area contributed by atoms with Crippen molar-refractivity contribution in [2.24, 2.45) is 5.73 Å². The Bertz CT molecular complexity index is 359. The van der Waals surface area contributed by atoms with Gasteiger partial charge in [0, 0.05) is 37.6 Å². The first-order chi connectivity index (χ1) is 8.58. The summed E-state index contributed by atoms with van der Waals surface area (Å²) in [5, 5.41) is 0. The molecule has 1 aromatic heterocycles. The highest BCUT2D eigenvalue weighted by atomic mass is 16.5. The van der Waals surface area contributed by atoms with Gasteiger partial charge in [0.1, 0.15) is 0 Å². The van der Waals surface area contributed by atoms with E-state index in [0.717, 1.165) is 13.1 Å². The van der Waals surface area contributed by atoms with Crippen LogP contribution in [-0.2, 0) is 4.74 Å². The fourth-order valence-corrected chi connectivity index (χ4v) is 2.85. The summed E-state index contributed by atoms with van der Waals surface area (Å²) in [5.41, 5.74) is 7.42. The minimum atomic E-state index is 0.0879. The van der Waals surface area contributed by atoms with Crippen molar-refractivity contribution in [3.05, 3.63) is 30.1 Å². The van der Waals surface area contributed by atoms with Crippen LogP contribution in [0.25, 0.3) is 0 Å². The zero-order valence-corrected chi connectivity index (χ0v) is 11.4. The number of aromatic nitrogens is 1. The van der Waals surface area contributed by atoms with E-state index in [4.69, 9.17) is 10.5 Å². The maximum absolute atomic E-state index is 6.19. The molecule has 1 fully saturated rings. The number of hydrogen-bond acceptors (Lipinski definition) is 4. The molecule has 4 nitrogen and oxygen atoms in total. The molecule has 1 aliphatic rings. The average Bonchev–Trinajstić information content (AvgIpc) is 2.28. The number of hydrogen-bond donors (Lipinski definition) is 1. The van der Waals surface area contributed by atoms with Gasteiger partial charge in [0.25, 0.3) is 0 Å². The van der Waals surface area contributed by atoms with Crippen LogP contribution in [0.15, 0.2) is 24.5 Å². The second-order valence-electron chi connectivity index (χ2n) is 5.30. The molecule has 100 valence electrons. The first kappa shape index (κ1) is 13.5. The van der Waals surface area contributed by atoms with Crippen LogP contribution in [0.2, 0.25) is 0 Å². The summed E-state index contributed by atoms with van der Waals surface area (Å²) >= 11 is 0. The molecule has 0 saturated carbocycles. The molecular formula is C14H23N3O. The zero-order chi connectivity index (χ0) is 13.1. The summed E-state index contributed by atoms with van der Waals surface area (Å²) in [4.78, 5) is 6.51. The Kier molecular flexibility index (Phi) is 4.32. The van der Waals surface area contributed by atoms with Gasteiger partial charge in [-0.1, -0.05) is 0 Å². The van der Waals surface area contributed by atoms with Crippen molar-refractivity contribution in [2.45, 2.75) is 45.1 Å². The molecule has 1 saturated heterocycles. The minimum Gasteiger partial charge on any atom is -0.373 e. The maximum Gasteiger partial charge on any atom is 0.0678 e. The highest BCUT2D eigenvalue weighted by molar-refractivity contribution is 5.17. The molecule has 2 rings (SSSR count). The predicted molar refractivity (Wildman–Crippen MR) is 72.2 cm³/mol. The van der Waals surface area contributed by atoms with Gasteiger partial charge >= 0.3 is 0 Å². The molecule has 1 aliphatic heterocycles. The second-order valence-corrected chi connectivity index (χ2v) is 5.30. The third-order valence-corrected chi connectivity index (χ3v) is 3.39. The van der Waals surface area contributed by atoms with E-state index < -0.39 is 0 Å². The number of rotatable bonds is 3. The van der Waals surface area contributed by atoms with Crippen molar-refractivity contribution >= 4 is 0 Å². The molecule has 0 aliphatic carbocycles. The van der Waals surface area contributed by atoms with Crippen LogP contribution in [-0.4, -0.2) is 41.2 Å². The molecule has 0 spiro atoms. The summed E-state index contributed by atoms with van der Waals surface area (Å²) < 4.78 is 5.79. The summed E-state index contributed by atoms with van der Waals surface area (Å²) in [5.74, 6) is 0. The normalized spacial score (nSPS) is 28.9. The maximum atomic E-state index is 6.19. The largest absolute Gasteiger partial charge is 0.373 e. The van der Waals surface area contributed by atoms with Crippen molar-refractivity contribution in [1.82, 2.24) is 9.88 Å². The van der Waals surface area contributed by atoms with Gasteiger partial charge in [-0.05, 0) is 38.5 Å². The first-order valence-electron chi connectivity index (χ1n) is 6.63. The lowest BCUT2D eigenvalue weighted by Crippen LogP contribution is -2.50. The molecule has 0 amide bonds. The Labute approximate surface area is 109 Å². The average molecular weight is 249 g/mol. The van der Waals surface area contributed by atoms with E-state index >= 15 is 0 Å². The van der Waals surface area contributed by atoms with E-state index in [2.05, 4.69) is 42.8 Å². The van der Waals surface area contributed by atoms with Crippen LogP contribution in [0.5, 0.6) is 0 Å². The molecular weight excluding hydrogens is 226 g/mol. The summed E-state index contributed by atoms with van der Waals surface area (Å²) in [6.45, 7) is 8.16. The minimum absolute atomic E-state index is 0.0879. The van der Waals surface area contributed by atoms with Gasteiger partial charge < -0.3 is 10.5 Å². The monoisotopic (exact) mass is 249 g/mol. The Morgan fingerprint density at radius 2 is 1.83 bits per heavy atom. The highest BCUT2D eigenvalue weighted by Gasteiger charge is 2.30. The van der Waals surface area contributed by atoms with Crippen molar-refractivity contribution < 1.29 is 4.74 Å². The van der Waals surface area contributed by atoms with Crippen LogP contribution in [0.4, 0.5) is 0 Å². The lowest BCUT2D eigenvalue weighted by Gasteiger charge is -2.41. The molecule has 18 heavy (non-hydrogen) atoms. The molecule has 2 unspecified atom stereocenters. The van der Waals surface area contributed by atoms with Gasteiger partial charge in [0.05, 0.1) is 12.2 Å². The van der Waals surface area contributed by atoms with Gasteiger partial charge in [0.15, 0.2) is 0 Å². The van der Waals surface area contributed by atoms with Crippen molar-refractivity contribution in [1.29, 1.82) is 0 Å². The molecule has 4 atom stereocenters. The van der Waals surface area contributed by atoms with Gasteiger partial charge in [-0.3, -0.25) is 9.88 Å². The summed E-state index contributed by atoms with van der Waals surface area (Å²) in [6.07, 6.45) is 4.18. The molecule has 1 aromatic rings. The molecule has 0 aromatic carbocycles. The van der Waals surface area contributed by atoms with E-state index in [-0.39, 0.29) is 24.3 Å². The highest BCUT2D eigenvalue weighted by Crippen LogP contribution is 2.26. The Morgan fingerprint density at radius 3 is 2.33 bits per heavy atom. The predicted octanol–water partition coefficient (Wildman–Crippen LogP) is 1.58. The molecule has 2 N–H and O–H groups in total. The lowest BCUT2D eigenvalue weighted by atomic mass is 9.98. The van der Waals surface area contributed by atoms with Crippen LogP contribution in [0.1, 0.15) is 32.4 Å². The first-order valence-corrected chi connectivity index (χ1v) is 6.63. The van der Waals surface area contributed by atoms with Crippen LogP contribution in [0, 0.1) is 0 Å². The van der Waals surface area contributed by atoms with E-state index in [1.54, 1.807) is 0 Å². The van der Waals surface area contributed by atoms with Crippen molar-refractivity contribution in [3.8, 4) is 0 Å². The van der Waals surface area contributed by atoms with Crippen LogP contribution in [0.3, 0.4) is 0 Å². The fourth-order valence-electron chi connectivity index (χ4n) is 2.85. The number of nitrogens with zero attached hydrogens (tertiary/aromatic N) is 2. The van der Waals surface area contributed by atoms with Crippen molar-refractivity contribution in [3.63, 3.8) is 0 Å². The number of nitrogens with two attached hydrogens (primary N) is 1. The van der Waals surface area contributed by atoms with Crippen LogP contribution < -0.4 is 5.73 Å². The third kappa shape index (κ3) is 3.07. The van der Waals surface area contributed by atoms with Gasteiger partial charge in [-0.2, -0.15) is 0 Å². The van der Waals surface area contributed by atoms with Gasteiger partial charge in [0.2, 0.25) is 0 Å². The molecule has 2 heterocycles. The van der Waals surface area contributed by atoms with E-state index in [0.29, 0.717) is 0 Å². The van der Waals surface area contributed by atoms with Crippen molar-refractivity contribution in [2.75, 3.05) is 13.1 Å². The number of morpholine rings is 1. The van der Waals surface area contributed by atoms with Gasteiger partial charge in [-0.15, -0.1) is 0 Å². The topological polar surface area (TPSA) is 51.4 Å². The third-order valence-electron chi connectivity index (χ3n) is 3.39. The van der Waals surface area contributed by atoms with E-state index in [1.807, 2.05) is 12.4 Å². The van der Waals surface area contributed by atoms with E-state index in [1.165, 1.54) is 5.56 Å². The lowest BCUT2D eigenvalue weighted by molar-refractivity contribution is -0.0831. The summed E-state index contributed by atoms with van der Waals surface area (Å²) in [6, 6.07) is 4.43. The van der Waals surface area contributed by atoms with Crippen LogP contribution >= 0.6 is 0 Å². The van der Waals surface area contributed by atoms with Gasteiger partial charge in [-0.25, -0.2) is 0 Å². The Hall–Kier alpha value is -0.970. The Balaban J connectivity index is 2.20. The quantitative estimate of drug-likeness (QED) is 0.883. The summed E-state index contributed by atoms with van der Waals surface area (Å²) in [7, 11) is 0. The smallest absolute Gasteiger partial charge is 0.0678 e. The standard InChI is InChI=1S/C14H23N3O/c1-10-8-17(9-11(2)18-10)14(12(3)15)13-4-6-16-7-5-13/h4-7,10-12,14H,8-9,15H2,1-3H3/t10-,11+,12?,14?. The SMILES string of the molecule is CC(N)C(c1ccncc1)N1C[C@@H](C)O[C@@H](C)C1. The second kappa shape index (κ2) is 5.78.